The minimum absolute atomic E-state index is 0.0539. The van der Waals surface area contributed by atoms with E-state index in [1.54, 1.807) is 48.6 Å². The molecule has 0 amide bonds. The first-order chi connectivity index (χ1) is 14.5. The van der Waals surface area contributed by atoms with E-state index in [4.69, 9.17) is 11.5 Å². The molecule has 4 N–H and O–H groups in total. The van der Waals surface area contributed by atoms with E-state index < -0.39 is 11.6 Å². The fraction of sp³-hybridized carbons (Fsp3) is 0.0769. The molecule has 0 heterocycles. The fourth-order valence-corrected chi connectivity index (χ4v) is 3.59. The van der Waals surface area contributed by atoms with Crippen LogP contribution >= 0.6 is 0 Å². The summed E-state index contributed by atoms with van der Waals surface area (Å²) in [6.07, 6.45) is 5.25. The number of carbonyl (C=O) groups excluding carboxylic acids is 2. The Morgan fingerprint density at radius 2 is 1.33 bits per heavy atom. The second-order valence-electron chi connectivity index (χ2n) is 7.44. The van der Waals surface area contributed by atoms with Gasteiger partial charge in [-0.05, 0) is 23.3 Å². The van der Waals surface area contributed by atoms with Gasteiger partial charge in [0.15, 0.2) is 11.6 Å². The van der Waals surface area contributed by atoms with Gasteiger partial charge in [0.25, 0.3) is 0 Å². The number of hydrogen-bond acceptors (Lipinski definition) is 4. The summed E-state index contributed by atoms with van der Waals surface area (Å²) in [4.78, 5) is 25.9. The molecule has 0 radical (unpaired) electrons. The van der Waals surface area contributed by atoms with Crippen molar-refractivity contribution in [3.8, 4) is 0 Å². The lowest BCUT2D eigenvalue weighted by atomic mass is 9.80. The first kappa shape index (κ1) is 19.7. The van der Waals surface area contributed by atoms with Crippen molar-refractivity contribution in [2.24, 2.45) is 17.4 Å². The molecule has 4 heteroatoms. The van der Waals surface area contributed by atoms with Gasteiger partial charge in [0.1, 0.15) is 0 Å². The molecule has 0 spiro atoms. The van der Waals surface area contributed by atoms with Gasteiger partial charge in [0.05, 0.1) is 11.6 Å². The molecule has 0 bridgehead atoms. The molecule has 0 fully saturated rings. The second-order valence-corrected chi connectivity index (χ2v) is 7.44. The van der Waals surface area contributed by atoms with Crippen LogP contribution in [0.15, 0.2) is 103 Å². The lowest BCUT2D eigenvalue weighted by Gasteiger charge is -2.31. The Balaban J connectivity index is 1.68. The molecule has 0 saturated carbocycles. The van der Waals surface area contributed by atoms with Crippen LogP contribution in [0, 0.1) is 5.92 Å². The van der Waals surface area contributed by atoms with E-state index in [1.165, 1.54) is 0 Å². The summed E-state index contributed by atoms with van der Waals surface area (Å²) >= 11 is 0. The van der Waals surface area contributed by atoms with Crippen LogP contribution in [-0.4, -0.2) is 17.2 Å². The van der Waals surface area contributed by atoms with Crippen LogP contribution < -0.4 is 11.5 Å². The molecule has 1 unspecified atom stereocenters. The van der Waals surface area contributed by atoms with Gasteiger partial charge in [0.2, 0.25) is 0 Å². The normalized spacial score (nSPS) is 17.3. The summed E-state index contributed by atoms with van der Waals surface area (Å²) in [6, 6.07) is 25.5. The highest BCUT2D eigenvalue weighted by molar-refractivity contribution is 6.09. The van der Waals surface area contributed by atoms with Crippen molar-refractivity contribution in [1.82, 2.24) is 0 Å². The van der Waals surface area contributed by atoms with Crippen LogP contribution in [0.5, 0.6) is 0 Å². The lowest BCUT2D eigenvalue weighted by Crippen LogP contribution is -2.56. The predicted molar refractivity (Wildman–Crippen MR) is 119 cm³/mol. The molecule has 3 aromatic rings. The largest absolute Gasteiger partial charge is 0.309 e. The molecule has 0 aromatic heterocycles. The predicted octanol–water partition coefficient (Wildman–Crippen LogP) is 3.98. The second kappa shape index (κ2) is 8.03. The summed E-state index contributed by atoms with van der Waals surface area (Å²) in [5, 5.41) is 0. The van der Waals surface area contributed by atoms with Crippen LogP contribution in [0.3, 0.4) is 0 Å². The zero-order valence-corrected chi connectivity index (χ0v) is 16.4. The number of hydrogen-bond donors (Lipinski definition) is 2. The molecular formula is C26H22N2O2. The summed E-state index contributed by atoms with van der Waals surface area (Å²) < 4.78 is 0. The lowest BCUT2D eigenvalue weighted by molar-refractivity contribution is 0.0911. The maximum Gasteiger partial charge on any atom is 0.193 e. The molecule has 1 atom stereocenters. The van der Waals surface area contributed by atoms with Gasteiger partial charge in [-0.1, -0.05) is 91.0 Å². The Hall–Kier alpha value is -3.60. The molecule has 148 valence electrons. The minimum Gasteiger partial charge on any atom is -0.309 e. The summed E-state index contributed by atoms with van der Waals surface area (Å²) in [6.45, 7) is 0. The highest BCUT2D eigenvalue weighted by Gasteiger charge is 2.35. The first-order valence-electron chi connectivity index (χ1n) is 9.74. The average Bonchev–Trinajstić information content (AvgIpc) is 2.79. The summed E-state index contributed by atoms with van der Waals surface area (Å²) in [7, 11) is 0. The molecule has 3 aromatic carbocycles. The van der Waals surface area contributed by atoms with E-state index in [0.29, 0.717) is 16.7 Å². The number of benzene rings is 3. The van der Waals surface area contributed by atoms with Crippen LogP contribution in [0.25, 0.3) is 5.57 Å². The van der Waals surface area contributed by atoms with Crippen LogP contribution in [0.1, 0.15) is 31.8 Å². The van der Waals surface area contributed by atoms with E-state index in [9.17, 15) is 9.59 Å². The Kier molecular flexibility index (Phi) is 5.27. The van der Waals surface area contributed by atoms with Gasteiger partial charge < -0.3 is 11.5 Å². The number of ketones is 2. The van der Waals surface area contributed by atoms with E-state index in [0.717, 1.165) is 11.1 Å². The highest BCUT2D eigenvalue weighted by atomic mass is 16.1. The highest BCUT2D eigenvalue weighted by Crippen LogP contribution is 2.30. The van der Waals surface area contributed by atoms with Gasteiger partial charge in [-0.2, -0.15) is 0 Å². The number of rotatable bonds is 5. The van der Waals surface area contributed by atoms with E-state index in [1.807, 2.05) is 54.6 Å². The molecule has 0 saturated heterocycles. The van der Waals surface area contributed by atoms with Crippen molar-refractivity contribution in [1.29, 1.82) is 0 Å². The molecule has 1 aliphatic rings. The smallest absolute Gasteiger partial charge is 0.193 e. The number of nitrogens with two attached hydrogens (primary N) is 2. The van der Waals surface area contributed by atoms with Crippen molar-refractivity contribution in [2.75, 3.05) is 0 Å². The zero-order valence-electron chi connectivity index (χ0n) is 16.4. The van der Waals surface area contributed by atoms with Crippen molar-refractivity contribution < 1.29 is 9.59 Å². The molecule has 1 aliphatic carbocycles. The van der Waals surface area contributed by atoms with E-state index in [2.05, 4.69) is 0 Å². The van der Waals surface area contributed by atoms with Crippen molar-refractivity contribution >= 4 is 17.1 Å². The Morgan fingerprint density at radius 3 is 2.00 bits per heavy atom. The summed E-state index contributed by atoms with van der Waals surface area (Å²) in [5.74, 6) is -0.908. The average molecular weight is 394 g/mol. The standard InChI is InChI=1S/C26H22N2O2/c27-26(28)15-14-21(17-23(26)25(30)19-10-5-2-6-11-19)20-12-7-13-22(16-20)24(29)18-8-3-1-4-9-18/h1-17,23H,27-28H2. The minimum atomic E-state index is -1.28. The van der Waals surface area contributed by atoms with Gasteiger partial charge in [0, 0.05) is 16.7 Å². The Morgan fingerprint density at radius 1 is 0.733 bits per heavy atom. The maximum absolute atomic E-state index is 13.1. The molecular weight excluding hydrogens is 372 g/mol. The van der Waals surface area contributed by atoms with E-state index >= 15 is 0 Å². The third kappa shape index (κ3) is 3.92. The van der Waals surface area contributed by atoms with E-state index in [-0.39, 0.29) is 11.6 Å². The maximum atomic E-state index is 13.1. The van der Waals surface area contributed by atoms with Crippen LogP contribution in [-0.2, 0) is 0 Å². The monoisotopic (exact) mass is 394 g/mol. The van der Waals surface area contributed by atoms with Crippen LogP contribution in [0.4, 0.5) is 0 Å². The number of allylic oxidation sites excluding steroid dienone is 2. The van der Waals surface area contributed by atoms with Gasteiger partial charge >= 0.3 is 0 Å². The van der Waals surface area contributed by atoms with Crippen molar-refractivity contribution in [3.63, 3.8) is 0 Å². The summed E-state index contributed by atoms with van der Waals surface area (Å²) in [5.41, 5.74) is 14.6. The van der Waals surface area contributed by atoms with Gasteiger partial charge in [-0.3, -0.25) is 9.59 Å². The van der Waals surface area contributed by atoms with Crippen molar-refractivity contribution in [2.45, 2.75) is 5.66 Å². The molecule has 4 nitrogen and oxygen atoms in total. The fourth-order valence-electron chi connectivity index (χ4n) is 3.59. The quantitative estimate of drug-likeness (QED) is 0.506. The van der Waals surface area contributed by atoms with Crippen LogP contribution in [0.2, 0.25) is 0 Å². The Labute approximate surface area is 175 Å². The molecule has 4 rings (SSSR count). The van der Waals surface area contributed by atoms with Crippen molar-refractivity contribution in [3.05, 3.63) is 125 Å². The number of Topliss-reactive ketones (excluding diaryl/α,β-unsaturated/α-hetero) is 1. The Bertz CT molecular complexity index is 1150. The zero-order chi connectivity index (χ0) is 21.1. The van der Waals surface area contributed by atoms with Gasteiger partial charge in [-0.15, -0.1) is 0 Å². The third-order valence-corrected chi connectivity index (χ3v) is 5.27. The molecule has 0 aliphatic heterocycles. The molecule has 30 heavy (non-hydrogen) atoms. The first-order valence-corrected chi connectivity index (χ1v) is 9.74. The topological polar surface area (TPSA) is 86.2 Å². The SMILES string of the molecule is NC1(N)C=CC(c2cccc(C(=O)c3ccccc3)c2)=CC1C(=O)c1ccccc1. The number of carbonyl (C=O) groups is 2. The van der Waals surface area contributed by atoms with Gasteiger partial charge in [-0.25, -0.2) is 0 Å². The third-order valence-electron chi connectivity index (χ3n) is 5.27.